The molecule has 1 N–H and O–H groups in total. The predicted octanol–water partition coefficient (Wildman–Crippen LogP) is 0.554. The molecule has 1 aromatic rings. The standard InChI is InChI=1S/C8H8ClN3O3S/c1-4-6-7(12-8(9)10-4)16(14,15)3-2-5(13)11-6/h2-3H2,1H3,(H,11,13). The van der Waals surface area contributed by atoms with Gasteiger partial charge in [-0.15, -0.1) is 0 Å². The van der Waals surface area contributed by atoms with Crippen LogP contribution in [-0.4, -0.2) is 30.0 Å². The topological polar surface area (TPSA) is 89.0 Å². The number of halogens is 1. The lowest BCUT2D eigenvalue weighted by Crippen LogP contribution is -2.12. The molecule has 6 nitrogen and oxygen atoms in total. The molecule has 0 unspecified atom stereocenters. The largest absolute Gasteiger partial charge is 0.322 e. The molecule has 0 bridgehead atoms. The van der Waals surface area contributed by atoms with Gasteiger partial charge in [0.1, 0.15) is 5.69 Å². The third kappa shape index (κ3) is 1.88. The van der Waals surface area contributed by atoms with Crippen molar-refractivity contribution in [3.05, 3.63) is 11.0 Å². The smallest absolute Gasteiger partial charge is 0.225 e. The first-order valence-corrected chi connectivity index (χ1v) is 6.50. The lowest BCUT2D eigenvalue weighted by Gasteiger charge is -2.08. The van der Waals surface area contributed by atoms with Crippen LogP contribution in [0.2, 0.25) is 5.28 Å². The Kier molecular flexibility index (Phi) is 2.59. The summed E-state index contributed by atoms with van der Waals surface area (Å²) in [5, 5.41) is 2.13. The minimum absolute atomic E-state index is 0.0875. The fraction of sp³-hybridized carbons (Fsp3) is 0.375. The van der Waals surface area contributed by atoms with E-state index >= 15 is 0 Å². The Labute approximate surface area is 97.0 Å². The number of carbonyl (C=O) groups is 1. The van der Waals surface area contributed by atoms with Crippen molar-refractivity contribution in [2.24, 2.45) is 0 Å². The second kappa shape index (κ2) is 3.67. The second-order valence-electron chi connectivity index (χ2n) is 3.38. The minimum Gasteiger partial charge on any atom is -0.322 e. The summed E-state index contributed by atoms with van der Waals surface area (Å²) in [7, 11) is -3.58. The van der Waals surface area contributed by atoms with Gasteiger partial charge in [0.15, 0.2) is 14.9 Å². The van der Waals surface area contributed by atoms with E-state index in [0.29, 0.717) is 5.69 Å². The lowest BCUT2D eigenvalue weighted by atomic mass is 10.3. The third-order valence-corrected chi connectivity index (χ3v) is 3.98. The number of aromatic nitrogens is 2. The fourth-order valence-electron chi connectivity index (χ4n) is 1.41. The molecular formula is C8H8ClN3O3S. The molecule has 2 rings (SSSR count). The molecule has 1 aromatic heterocycles. The second-order valence-corrected chi connectivity index (χ2v) is 5.74. The van der Waals surface area contributed by atoms with Crippen molar-refractivity contribution in [1.82, 2.24) is 9.97 Å². The van der Waals surface area contributed by atoms with Gasteiger partial charge in [0.25, 0.3) is 0 Å². The highest BCUT2D eigenvalue weighted by Gasteiger charge is 2.29. The van der Waals surface area contributed by atoms with Gasteiger partial charge < -0.3 is 5.32 Å². The number of nitrogens with one attached hydrogen (secondary N) is 1. The number of sulfone groups is 1. The first kappa shape index (κ1) is 11.3. The fourth-order valence-corrected chi connectivity index (χ4v) is 3.05. The summed E-state index contributed by atoms with van der Waals surface area (Å²) in [6, 6.07) is 0. The molecule has 16 heavy (non-hydrogen) atoms. The van der Waals surface area contributed by atoms with Crippen LogP contribution >= 0.6 is 11.6 Å². The quantitative estimate of drug-likeness (QED) is 0.544. The molecule has 8 heteroatoms. The molecule has 1 aliphatic rings. The molecule has 1 amide bonds. The van der Waals surface area contributed by atoms with Crippen LogP contribution in [0.15, 0.2) is 5.03 Å². The maximum atomic E-state index is 11.8. The summed E-state index contributed by atoms with van der Waals surface area (Å²) in [4.78, 5) is 18.8. The van der Waals surface area contributed by atoms with Crippen LogP contribution in [0, 0.1) is 6.92 Å². The normalized spacial score (nSPS) is 18.5. The molecule has 0 atom stereocenters. The first-order valence-electron chi connectivity index (χ1n) is 4.47. The lowest BCUT2D eigenvalue weighted by molar-refractivity contribution is -0.115. The van der Waals surface area contributed by atoms with E-state index in [4.69, 9.17) is 11.6 Å². The van der Waals surface area contributed by atoms with Gasteiger partial charge in [0.05, 0.1) is 11.4 Å². The molecule has 86 valence electrons. The van der Waals surface area contributed by atoms with E-state index in [2.05, 4.69) is 15.3 Å². The van der Waals surface area contributed by atoms with Gasteiger partial charge in [0.2, 0.25) is 11.2 Å². The zero-order chi connectivity index (χ0) is 11.9. The highest BCUT2D eigenvalue weighted by atomic mass is 35.5. The zero-order valence-corrected chi connectivity index (χ0v) is 9.89. The van der Waals surface area contributed by atoms with Crippen LogP contribution in [0.3, 0.4) is 0 Å². The Bertz CT molecular complexity index is 570. The van der Waals surface area contributed by atoms with Crippen molar-refractivity contribution >= 4 is 33.0 Å². The third-order valence-electron chi connectivity index (χ3n) is 2.19. The number of carbonyl (C=O) groups excluding carboxylic acids is 1. The number of aryl methyl sites for hydroxylation is 1. The van der Waals surface area contributed by atoms with Gasteiger partial charge in [-0.25, -0.2) is 18.4 Å². The van der Waals surface area contributed by atoms with Crippen molar-refractivity contribution in [2.45, 2.75) is 18.4 Å². The highest BCUT2D eigenvalue weighted by Crippen LogP contribution is 2.27. The van der Waals surface area contributed by atoms with Crippen LogP contribution in [0.1, 0.15) is 12.1 Å². The van der Waals surface area contributed by atoms with Crippen LogP contribution in [0.25, 0.3) is 0 Å². The van der Waals surface area contributed by atoms with Crippen LogP contribution < -0.4 is 5.32 Å². The molecule has 0 spiro atoms. The van der Waals surface area contributed by atoms with Gasteiger partial charge in [0, 0.05) is 6.42 Å². The van der Waals surface area contributed by atoms with E-state index in [9.17, 15) is 13.2 Å². The summed E-state index contributed by atoms with van der Waals surface area (Å²) < 4.78 is 23.6. The van der Waals surface area contributed by atoms with E-state index in [1.807, 2.05) is 0 Å². The SMILES string of the molecule is Cc1nc(Cl)nc2c1NC(=O)CCS2(=O)=O. The number of hydrogen-bond acceptors (Lipinski definition) is 5. The summed E-state index contributed by atoms with van der Waals surface area (Å²) in [5.41, 5.74) is 0.473. The summed E-state index contributed by atoms with van der Waals surface area (Å²) in [5.74, 6) is -0.630. The van der Waals surface area contributed by atoms with E-state index < -0.39 is 9.84 Å². The van der Waals surface area contributed by atoms with Gasteiger partial charge >= 0.3 is 0 Å². The van der Waals surface area contributed by atoms with Crippen molar-refractivity contribution in [2.75, 3.05) is 11.1 Å². The van der Waals surface area contributed by atoms with Crippen molar-refractivity contribution in [1.29, 1.82) is 0 Å². The Hall–Kier alpha value is -1.21. The molecule has 0 saturated carbocycles. The molecule has 0 aliphatic carbocycles. The minimum atomic E-state index is -3.58. The number of nitrogens with zero attached hydrogens (tertiary/aromatic N) is 2. The van der Waals surface area contributed by atoms with Crippen molar-refractivity contribution in [3.63, 3.8) is 0 Å². The van der Waals surface area contributed by atoms with Gasteiger partial charge in [-0.1, -0.05) is 0 Å². The maximum absolute atomic E-state index is 11.8. The van der Waals surface area contributed by atoms with E-state index in [1.54, 1.807) is 6.92 Å². The van der Waals surface area contributed by atoms with Gasteiger partial charge in [-0.2, -0.15) is 0 Å². The molecule has 0 radical (unpaired) electrons. The Balaban J connectivity index is 2.75. The van der Waals surface area contributed by atoms with E-state index in [1.165, 1.54) is 0 Å². The van der Waals surface area contributed by atoms with Gasteiger partial charge in [-0.05, 0) is 18.5 Å². The summed E-state index contributed by atoms with van der Waals surface area (Å²) >= 11 is 5.60. The van der Waals surface area contributed by atoms with Crippen LogP contribution in [-0.2, 0) is 14.6 Å². The molecular weight excluding hydrogens is 254 g/mol. The number of anilines is 1. The molecule has 0 aromatic carbocycles. The molecule has 1 aliphatic heterocycles. The van der Waals surface area contributed by atoms with Gasteiger partial charge in [-0.3, -0.25) is 4.79 Å². The van der Waals surface area contributed by atoms with Crippen LogP contribution in [0.4, 0.5) is 5.69 Å². The number of fused-ring (bicyclic) bond motifs is 1. The van der Waals surface area contributed by atoms with E-state index in [-0.39, 0.29) is 34.1 Å². The molecule has 0 fully saturated rings. The average molecular weight is 262 g/mol. The van der Waals surface area contributed by atoms with Crippen molar-refractivity contribution < 1.29 is 13.2 Å². The number of amides is 1. The monoisotopic (exact) mass is 261 g/mol. The van der Waals surface area contributed by atoms with E-state index in [0.717, 1.165) is 0 Å². The Morgan fingerprint density at radius 1 is 1.38 bits per heavy atom. The zero-order valence-electron chi connectivity index (χ0n) is 8.32. The van der Waals surface area contributed by atoms with Crippen molar-refractivity contribution in [3.8, 4) is 0 Å². The predicted molar refractivity (Wildman–Crippen MR) is 57.1 cm³/mol. The number of hydrogen-bond donors (Lipinski definition) is 1. The first-order chi connectivity index (χ1) is 7.40. The maximum Gasteiger partial charge on any atom is 0.225 e. The number of rotatable bonds is 0. The van der Waals surface area contributed by atoms with Crippen LogP contribution in [0.5, 0.6) is 0 Å². The average Bonchev–Trinajstić information content (AvgIpc) is 2.28. The Morgan fingerprint density at radius 3 is 2.75 bits per heavy atom. The summed E-state index contributed by atoms with van der Waals surface area (Å²) in [6.45, 7) is 1.56. The highest BCUT2D eigenvalue weighted by molar-refractivity contribution is 7.91. The Morgan fingerprint density at radius 2 is 2.06 bits per heavy atom. The molecule has 2 heterocycles. The summed E-state index contributed by atoms with van der Waals surface area (Å²) in [6.07, 6.45) is -0.0875. The molecule has 0 saturated heterocycles.